The topological polar surface area (TPSA) is 45.7 Å². The highest BCUT2D eigenvalue weighted by Crippen LogP contribution is 2.23. The van der Waals surface area contributed by atoms with Crippen molar-refractivity contribution < 1.29 is 9.13 Å². The average Bonchev–Trinajstić information content (AvgIpc) is 2.53. The lowest BCUT2D eigenvalue weighted by atomic mass is 9.87. The van der Waals surface area contributed by atoms with Crippen molar-refractivity contribution >= 4 is 5.96 Å². The molecule has 0 saturated heterocycles. The molecule has 0 bridgehead atoms. The number of ether oxygens (including phenoxy) is 1. The molecule has 5 heteroatoms. The third kappa shape index (κ3) is 4.61. The zero-order chi connectivity index (χ0) is 15.9. The Hall–Kier alpha value is -1.78. The molecule has 1 aliphatic rings. The summed E-state index contributed by atoms with van der Waals surface area (Å²) in [5.74, 6) is 1.53. The van der Waals surface area contributed by atoms with Crippen LogP contribution in [0.25, 0.3) is 0 Å². The Morgan fingerprint density at radius 1 is 1.32 bits per heavy atom. The molecule has 2 rings (SSSR count). The largest absolute Gasteiger partial charge is 0.494 e. The lowest BCUT2D eigenvalue weighted by molar-refractivity contribution is 0.329. The maximum atomic E-state index is 13.7. The van der Waals surface area contributed by atoms with Crippen LogP contribution in [0.3, 0.4) is 0 Å². The van der Waals surface area contributed by atoms with Crippen molar-refractivity contribution in [2.24, 2.45) is 10.9 Å². The summed E-state index contributed by atoms with van der Waals surface area (Å²) in [7, 11) is 3.22. The minimum absolute atomic E-state index is 0.266. The van der Waals surface area contributed by atoms with Gasteiger partial charge < -0.3 is 15.4 Å². The average molecular weight is 307 g/mol. The molecule has 1 aromatic rings. The number of benzene rings is 1. The summed E-state index contributed by atoms with van der Waals surface area (Å²) < 4.78 is 18.6. The fourth-order valence-electron chi connectivity index (χ4n) is 2.80. The standard InChI is InChI=1S/C17H26FN3O/c1-12-4-7-14(8-5-12)21-17(19-2)20-11-13-6-9-16(22-3)15(18)10-13/h6,9-10,12,14H,4-5,7-8,11H2,1-3H3,(H2,19,20,21). The Labute approximate surface area is 132 Å². The first-order valence-electron chi connectivity index (χ1n) is 7.92. The van der Waals surface area contributed by atoms with Crippen LogP contribution in [0, 0.1) is 11.7 Å². The Bertz CT molecular complexity index is 511. The summed E-state index contributed by atoms with van der Waals surface area (Å²) in [6.07, 6.45) is 4.88. The van der Waals surface area contributed by atoms with E-state index in [2.05, 4.69) is 22.5 Å². The van der Waals surface area contributed by atoms with Crippen molar-refractivity contribution in [2.75, 3.05) is 14.2 Å². The van der Waals surface area contributed by atoms with Gasteiger partial charge in [0.2, 0.25) is 0 Å². The molecule has 0 aliphatic heterocycles. The number of rotatable bonds is 4. The fraction of sp³-hybridized carbons (Fsp3) is 0.588. The molecule has 0 heterocycles. The van der Waals surface area contributed by atoms with Gasteiger partial charge in [0, 0.05) is 19.6 Å². The van der Waals surface area contributed by atoms with E-state index in [0.29, 0.717) is 12.6 Å². The van der Waals surface area contributed by atoms with Crippen LogP contribution in [0.5, 0.6) is 5.75 Å². The van der Waals surface area contributed by atoms with Crippen molar-refractivity contribution in [1.29, 1.82) is 0 Å². The van der Waals surface area contributed by atoms with E-state index < -0.39 is 0 Å². The van der Waals surface area contributed by atoms with E-state index in [4.69, 9.17) is 4.74 Å². The number of nitrogens with zero attached hydrogens (tertiary/aromatic N) is 1. The van der Waals surface area contributed by atoms with Crippen LogP contribution < -0.4 is 15.4 Å². The Morgan fingerprint density at radius 3 is 2.64 bits per heavy atom. The number of guanidine groups is 1. The third-order valence-corrected chi connectivity index (χ3v) is 4.26. The summed E-state index contributed by atoms with van der Waals surface area (Å²) in [6, 6.07) is 5.46. The Morgan fingerprint density at radius 2 is 2.05 bits per heavy atom. The van der Waals surface area contributed by atoms with Crippen molar-refractivity contribution in [3.05, 3.63) is 29.6 Å². The second-order valence-corrected chi connectivity index (χ2v) is 6.00. The summed E-state index contributed by atoms with van der Waals surface area (Å²) in [4.78, 5) is 4.25. The molecule has 0 aromatic heterocycles. The molecule has 0 radical (unpaired) electrons. The number of aliphatic imine (C=N–C) groups is 1. The van der Waals surface area contributed by atoms with Crippen LogP contribution in [-0.4, -0.2) is 26.2 Å². The SMILES string of the molecule is CN=C(NCc1ccc(OC)c(F)c1)NC1CCC(C)CC1. The van der Waals surface area contributed by atoms with Gasteiger partial charge in [-0.2, -0.15) is 0 Å². The molecule has 0 amide bonds. The van der Waals surface area contributed by atoms with E-state index >= 15 is 0 Å². The second-order valence-electron chi connectivity index (χ2n) is 6.00. The van der Waals surface area contributed by atoms with Gasteiger partial charge in [0.1, 0.15) is 0 Å². The Kier molecular flexibility index (Phi) is 6.04. The molecule has 0 atom stereocenters. The minimum atomic E-state index is -0.342. The first-order valence-corrected chi connectivity index (χ1v) is 7.92. The van der Waals surface area contributed by atoms with Gasteiger partial charge in [-0.25, -0.2) is 4.39 Å². The van der Waals surface area contributed by atoms with Gasteiger partial charge in [-0.3, -0.25) is 4.99 Å². The number of nitrogens with one attached hydrogen (secondary N) is 2. The van der Waals surface area contributed by atoms with Gasteiger partial charge in [0.25, 0.3) is 0 Å². The van der Waals surface area contributed by atoms with Gasteiger partial charge in [-0.05, 0) is 49.3 Å². The highest BCUT2D eigenvalue weighted by molar-refractivity contribution is 5.79. The van der Waals surface area contributed by atoms with Crippen molar-refractivity contribution in [2.45, 2.75) is 45.2 Å². The predicted molar refractivity (Wildman–Crippen MR) is 87.7 cm³/mol. The number of halogens is 1. The highest BCUT2D eigenvalue weighted by atomic mass is 19.1. The molecular formula is C17H26FN3O. The van der Waals surface area contributed by atoms with Crippen LogP contribution in [-0.2, 0) is 6.54 Å². The second kappa shape index (κ2) is 8.01. The summed E-state index contributed by atoms with van der Waals surface area (Å²) in [5.41, 5.74) is 0.860. The molecule has 122 valence electrons. The number of hydrogen-bond donors (Lipinski definition) is 2. The van der Waals surface area contributed by atoms with Gasteiger partial charge >= 0.3 is 0 Å². The first-order chi connectivity index (χ1) is 10.6. The zero-order valence-corrected chi connectivity index (χ0v) is 13.7. The first kappa shape index (κ1) is 16.6. The predicted octanol–water partition coefficient (Wildman–Crippen LogP) is 3.08. The molecule has 2 N–H and O–H groups in total. The Balaban J connectivity index is 1.85. The summed E-state index contributed by atoms with van der Waals surface area (Å²) >= 11 is 0. The molecule has 1 saturated carbocycles. The summed E-state index contributed by atoms with van der Waals surface area (Å²) in [6.45, 7) is 2.84. The number of hydrogen-bond acceptors (Lipinski definition) is 2. The van der Waals surface area contributed by atoms with E-state index in [-0.39, 0.29) is 11.6 Å². The maximum absolute atomic E-state index is 13.7. The van der Waals surface area contributed by atoms with Gasteiger partial charge in [0.05, 0.1) is 7.11 Å². The monoisotopic (exact) mass is 307 g/mol. The minimum Gasteiger partial charge on any atom is -0.494 e. The van der Waals surface area contributed by atoms with Gasteiger partial charge in [0.15, 0.2) is 17.5 Å². The van der Waals surface area contributed by atoms with E-state index in [1.807, 2.05) is 6.07 Å². The molecule has 0 unspecified atom stereocenters. The van der Waals surface area contributed by atoms with Gasteiger partial charge in [-0.15, -0.1) is 0 Å². The fourth-order valence-corrected chi connectivity index (χ4v) is 2.80. The lowest BCUT2D eigenvalue weighted by Crippen LogP contribution is -2.44. The van der Waals surface area contributed by atoms with Crippen molar-refractivity contribution in [3.63, 3.8) is 0 Å². The van der Waals surface area contributed by atoms with Crippen LogP contribution in [0.2, 0.25) is 0 Å². The van der Waals surface area contributed by atoms with Crippen LogP contribution in [0.15, 0.2) is 23.2 Å². The van der Waals surface area contributed by atoms with Crippen LogP contribution in [0.4, 0.5) is 4.39 Å². The van der Waals surface area contributed by atoms with Crippen molar-refractivity contribution in [1.82, 2.24) is 10.6 Å². The highest BCUT2D eigenvalue weighted by Gasteiger charge is 2.18. The normalized spacial score (nSPS) is 22.3. The molecule has 1 aliphatic carbocycles. The zero-order valence-electron chi connectivity index (χ0n) is 13.7. The third-order valence-electron chi connectivity index (χ3n) is 4.26. The maximum Gasteiger partial charge on any atom is 0.191 e. The molecule has 1 aromatic carbocycles. The molecule has 1 fully saturated rings. The van der Waals surface area contributed by atoms with E-state index in [9.17, 15) is 4.39 Å². The molecule has 22 heavy (non-hydrogen) atoms. The number of methoxy groups -OCH3 is 1. The van der Waals surface area contributed by atoms with Crippen LogP contribution in [0.1, 0.15) is 38.2 Å². The molecular weight excluding hydrogens is 281 g/mol. The molecule has 0 spiro atoms. The van der Waals surface area contributed by atoms with Crippen LogP contribution >= 0.6 is 0 Å². The van der Waals surface area contributed by atoms with E-state index in [1.54, 1.807) is 13.1 Å². The van der Waals surface area contributed by atoms with Crippen molar-refractivity contribution in [3.8, 4) is 5.75 Å². The quantitative estimate of drug-likeness (QED) is 0.664. The van der Waals surface area contributed by atoms with E-state index in [1.165, 1.54) is 38.9 Å². The lowest BCUT2D eigenvalue weighted by Gasteiger charge is -2.28. The van der Waals surface area contributed by atoms with Gasteiger partial charge in [-0.1, -0.05) is 13.0 Å². The van der Waals surface area contributed by atoms with E-state index in [0.717, 1.165) is 17.4 Å². The smallest absolute Gasteiger partial charge is 0.191 e. The molecule has 4 nitrogen and oxygen atoms in total. The summed E-state index contributed by atoms with van der Waals surface area (Å²) in [5, 5.41) is 6.69.